The molecule has 2 rings (SSSR count). The van der Waals surface area contributed by atoms with Crippen molar-refractivity contribution in [3.63, 3.8) is 0 Å². The molecule has 0 fully saturated rings. The molecule has 1 aromatic rings. The van der Waals surface area contributed by atoms with Gasteiger partial charge in [0.15, 0.2) is 0 Å². The standard InChI is InChI=1S/C10H16.C9H8O/c1-8(2)10-6-4-9(3)5-7-10;10-8-4-7-9-5-2-1-3-6-9/h4,10H,1,5-7H2,2-3H3;1-8H/b;7-4-/t10-;/m0./s1. The minimum Gasteiger partial charge on any atom is -0.299 e. The van der Waals surface area contributed by atoms with Gasteiger partial charge in [0.25, 0.3) is 0 Å². The van der Waals surface area contributed by atoms with Crippen molar-refractivity contribution >= 4 is 12.4 Å². The lowest BCUT2D eigenvalue weighted by molar-refractivity contribution is -0.104. The molecule has 0 aromatic heterocycles. The van der Waals surface area contributed by atoms with E-state index in [-0.39, 0.29) is 0 Å². The average molecular weight is 268 g/mol. The van der Waals surface area contributed by atoms with Gasteiger partial charge in [0.2, 0.25) is 0 Å². The molecular formula is C19H24O. The Kier molecular flexibility index (Phi) is 7.34. The van der Waals surface area contributed by atoms with Gasteiger partial charge in [-0.3, -0.25) is 4.79 Å². The molecule has 1 heteroatoms. The van der Waals surface area contributed by atoms with Crippen LogP contribution >= 0.6 is 0 Å². The summed E-state index contributed by atoms with van der Waals surface area (Å²) >= 11 is 0. The van der Waals surface area contributed by atoms with E-state index in [0.717, 1.165) is 17.8 Å². The second kappa shape index (κ2) is 9.08. The first-order valence-corrected chi connectivity index (χ1v) is 7.11. The first kappa shape index (κ1) is 16.2. The van der Waals surface area contributed by atoms with E-state index in [1.807, 2.05) is 30.3 Å². The van der Waals surface area contributed by atoms with Gasteiger partial charge in [0.05, 0.1) is 0 Å². The van der Waals surface area contributed by atoms with Gasteiger partial charge < -0.3 is 0 Å². The van der Waals surface area contributed by atoms with E-state index in [2.05, 4.69) is 26.5 Å². The Balaban J connectivity index is 0.000000200. The highest BCUT2D eigenvalue weighted by molar-refractivity contribution is 5.73. The molecule has 0 saturated heterocycles. The van der Waals surface area contributed by atoms with Gasteiger partial charge in [-0.1, -0.05) is 60.2 Å². The lowest BCUT2D eigenvalue weighted by Crippen LogP contribution is -2.04. The lowest BCUT2D eigenvalue weighted by atomic mass is 9.86. The molecule has 106 valence electrons. The number of allylic oxidation sites excluding steroid dienone is 4. The van der Waals surface area contributed by atoms with Crippen LogP contribution in [0.3, 0.4) is 0 Å². The van der Waals surface area contributed by atoms with Gasteiger partial charge in [-0.15, -0.1) is 0 Å². The van der Waals surface area contributed by atoms with Gasteiger partial charge in [-0.2, -0.15) is 0 Å². The fraction of sp³-hybridized carbons (Fsp3) is 0.316. The van der Waals surface area contributed by atoms with Crippen LogP contribution in [0.1, 0.15) is 38.7 Å². The van der Waals surface area contributed by atoms with Crippen molar-refractivity contribution in [1.29, 1.82) is 0 Å². The van der Waals surface area contributed by atoms with Crippen LogP contribution in [-0.2, 0) is 4.79 Å². The molecule has 1 atom stereocenters. The summed E-state index contributed by atoms with van der Waals surface area (Å²) in [6.07, 6.45) is 10.2. The largest absolute Gasteiger partial charge is 0.299 e. The fourth-order valence-electron chi connectivity index (χ4n) is 2.13. The molecule has 0 unspecified atom stereocenters. The van der Waals surface area contributed by atoms with Gasteiger partial charge in [-0.05, 0) is 50.7 Å². The molecule has 0 saturated carbocycles. The molecule has 1 nitrogen and oxygen atoms in total. The second-order valence-electron chi connectivity index (χ2n) is 5.27. The number of hydrogen-bond donors (Lipinski definition) is 0. The van der Waals surface area contributed by atoms with Crippen LogP contribution in [0.25, 0.3) is 6.08 Å². The zero-order valence-electron chi connectivity index (χ0n) is 12.5. The summed E-state index contributed by atoms with van der Waals surface area (Å²) in [5.74, 6) is 0.767. The van der Waals surface area contributed by atoms with Crippen LogP contribution < -0.4 is 0 Å². The van der Waals surface area contributed by atoms with Crippen LogP contribution in [0.5, 0.6) is 0 Å². The fourth-order valence-corrected chi connectivity index (χ4v) is 2.13. The van der Waals surface area contributed by atoms with E-state index in [0.29, 0.717) is 0 Å². The summed E-state index contributed by atoms with van der Waals surface area (Å²) in [5, 5.41) is 0. The molecule has 0 spiro atoms. The van der Waals surface area contributed by atoms with Crippen LogP contribution in [0.4, 0.5) is 0 Å². The van der Waals surface area contributed by atoms with Crippen molar-refractivity contribution in [3.05, 3.63) is 65.8 Å². The Morgan fingerprint density at radius 2 is 2.00 bits per heavy atom. The van der Waals surface area contributed by atoms with Gasteiger partial charge in [0.1, 0.15) is 6.29 Å². The molecule has 0 radical (unpaired) electrons. The monoisotopic (exact) mass is 268 g/mol. The van der Waals surface area contributed by atoms with Crippen molar-refractivity contribution in [2.24, 2.45) is 5.92 Å². The minimum absolute atomic E-state index is 0.767. The predicted molar refractivity (Wildman–Crippen MR) is 87.5 cm³/mol. The molecule has 1 aliphatic rings. The smallest absolute Gasteiger partial charge is 0.142 e. The maximum absolute atomic E-state index is 9.89. The van der Waals surface area contributed by atoms with Crippen LogP contribution in [-0.4, -0.2) is 6.29 Å². The van der Waals surface area contributed by atoms with Crippen molar-refractivity contribution < 1.29 is 4.79 Å². The first-order chi connectivity index (χ1) is 9.63. The van der Waals surface area contributed by atoms with E-state index in [4.69, 9.17) is 0 Å². The summed E-state index contributed by atoms with van der Waals surface area (Å²) in [5.41, 5.74) is 3.95. The zero-order valence-corrected chi connectivity index (χ0v) is 12.5. The quantitative estimate of drug-likeness (QED) is 0.418. The molecule has 0 aliphatic heterocycles. The third-order valence-electron chi connectivity index (χ3n) is 3.50. The number of carbonyl (C=O) groups excluding carboxylic acids is 1. The zero-order chi connectivity index (χ0) is 14.8. The number of benzene rings is 1. The van der Waals surface area contributed by atoms with Crippen molar-refractivity contribution in [1.82, 2.24) is 0 Å². The Morgan fingerprint density at radius 3 is 2.50 bits per heavy atom. The Hall–Kier alpha value is -1.89. The van der Waals surface area contributed by atoms with E-state index in [9.17, 15) is 4.79 Å². The number of carbonyl (C=O) groups is 1. The molecule has 0 N–H and O–H groups in total. The van der Waals surface area contributed by atoms with Gasteiger partial charge >= 0.3 is 0 Å². The second-order valence-corrected chi connectivity index (χ2v) is 5.27. The molecular weight excluding hydrogens is 244 g/mol. The summed E-state index contributed by atoms with van der Waals surface area (Å²) in [6.45, 7) is 8.33. The maximum atomic E-state index is 9.89. The van der Waals surface area contributed by atoms with Crippen molar-refractivity contribution in [3.8, 4) is 0 Å². The van der Waals surface area contributed by atoms with Crippen LogP contribution in [0.15, 0.2) is 60.2 Å². The minimum atomic E-state index is 0.767. The number of aldehydes is 1. The third-order valence-corrected chi connectivity index (χ3v) is 3.50. The summed E-state index contributed by atoms with van der Waals surface area (Å²) in [4.78, 5) is 9.89. The Morgan fingerprint density at radius 1 is 1.30 bits per heavy atom. The molecule has 20 heavy (non-hydrogen) atoms. The molecule has 0 bridgehead atoms. The summed E-state index contributed by atoms with van der Waals surface area (Å²) < 4.78 is 0. The topological polar surface area (TPSA) is 17.1 Å². The van der Waals surface area contributed by atoms with Gasteiger partial charge in [-0.25, -0.2) is 0 Å². The van der Waals surface area contributed by atoms with Crippen molar-refractivity contribution in [2.45, 2.75) is 33.1 Å². The summed E-state index contributed by atoms with van der Waals surface area (Å²) in [7, 11) is 0. The van der Waals surface area contributed by atoms with E-state index in [1.54, 1.807) is 11.6 Å². The Bertz CT molecular complexity index is 480. The number of rotatable bonds is 3. The third kappa shape index (κ3) is 6.33. The SMILES string of the molecule is C=C(C)[C@H]1CC=C(C)CC1.O=C/C=C\c1ccccc1. The highest BCUT2D eigenvalue weighted by Gasteiger charge is 2.11. The maximum Gasteiger partial charge on any atom is 0.142 e. The molecule has 1 aromatic carbocycles. The van der Waals surface area contributed by atoms with Crippen LogP contribution in [0, 0.1) is 5.92 Å². The molecule has 0 amide bonds. The van der Waals surface area contributed by atoms with Crippen LogP contribution in [0.2, 0.25) is 0 Å². The Labute approximate surface area is 122 Å². The highest BCUT2D eigenvalue weighted by atomic mass is 16.1. The average Bonchev–Trinajstić information content (AvgIpc) is 2.47. The molecule has 0 heterocycles. The summed E-state index contributed by atoms with van der Waals surface area (Å²) in [6, 6.07) is 9.70. The van der Waals surface area contributed by atoms with E-state index < -0.39 is 0 Å². The number of hydrogen-bond acceptors (Lipinski definition) is 1. The lowest BCUT2D eigenvalue weighted by Gasteiger charge is -2.19. The van der Waals surface area contributed by atoms with Gasteiger partial charge in [0, 0.05) is 0 Å². The predicted octanol–water partition coefficient (Wildman–Crippen LogP) is 5.21. The molecule has 1 aliphatic carbocycles. The highest BCUT2D eigenvalue weighted by Crippen LogP contribution is 2.27. The van der Waals surface area contributed by atoms with Crippen molar-refractivity contribution in [2.75, 3.05) is 0 Å². The van der Waals surface area contributed by atoms with E-state index in [1.165, 1.54) is 30.9 Å². The normalized spacial score (nSPS) is 17.9. The van der Waals surface area contributed by atoms with E-state index >= 15 is 0 Å². The first-order valence-electron chi connectivity index (χ1n) is 7.11.